The predicted octanol–water partition coefficient (Wildman–Crippen LogP) is 1.37. The third-order valence-corrected chi connectivity index (χ3v) is 5.96. The maximum absolute atomic E-state index is 11.8. The third-order valence-electron chi connectivity index (χ3n) is 3.12. The van der Waals surface area contributed by atoms with Crippen molar-refractivity contribution in [2.45, 2.75) is 31.7 Å². The molecule has 1 aliphatic heterocycles. The van der Waals surface area contributed by atoms with Crippen LogP contribution in [0.3, 0.4) is 0 Å². The van der Waals surface area contributed by atoms with Gasteiger partial charge in [-0.05, 0) is 31.2 Å². The molecule has 0 saturated carbocycles. The van der Waals surface area contributed by atoms with Crippen molar-refractivity contribution in [1.82, 2.24) is 5.32 Å². The van der Waals surface area contributed by atoms with Gasteiger partial charge in [-0.3, -0.25) is 4.79 Å². The minimum Gasteiger partial charge on any atom is -0.350 e. The first-order valence-electron chi connectivity index (χ1n) is 5.92. The largest absolute Gasteiger partial charge is 0.350 e. The Morgan fingerprint density at radius 1 is 1.56 bits per heavy atom. The molecule has 1 unspecified atom stereocenters. The number of aryl methyl sites for hydroxylation is 1. The Morgan fingerprint density at radius 3 is 2.89 bits per heavy atom. The van der Waals surface area contributed by atoms with Crippen LogP contribution < -0.4 is 5.32 Å². The van der Waals surface area contributed by atoms with Gasteiger partial charge >= 0.3 is 0 Å². The second kappa shape index (κ2) is 5.01. The molecule has 1 aliphatic rings. The van der Waals surface area contributed by atoms with E-state index in [0.717, 1.165) is 0 Å². The van der Waals surface area contributed by atoms with Gasteiger partial charge in [-0.15, -0.1) is 11.3 Å². The van der Waals surface area contributed by atoms with E-state index in [-0.39, 0.29) is 17.4 Å². The normalized spacial score (nSPS) is 26.1. The first-order valence-corrected chi connectivity index (χ1v) is 8.63. The summed E-state index contributed by atoms with van der Waals surface area (Å²) in [5.74, 6) is 0.169. The average Bonchev–Trinajstić information content (AvgIpc) is 2.84. The summed E-state index contributed by atoms with van der Waals surface area (Å²) < 4.78 is 22.8. The van der Waals surface area contributed by atoms with E-state index in [0.29, 0.717) is 19.3 Å². The van der Waals surface area contributed by atoms with Crippen LogP contribution in [0.1, 0.15) is 24.6 Å². The van der Waals surface area contributed by atoms with Crippen molar-refractivity contribution in [3.05, 3.63) is 22.4 Å². The van der Waals surface area contributed by atoms with Crippen LogP contribution in [0.25, 0.3) is 0 Å². The predicted molar refractivity (Wildman–Crippen MR) is 72.5 cm³/mol. The molecule has 0 aliphatic carbocycles. The number of thiophene rings is 1. The first-order chi connectivity index (χ1) is 8.39. The van der Waals surface area contributed by atoms with Gasteiger partial charge in [0.05, 0.1) is 17.0 Å². The highest BCUT2D eigenvalue weighted by Gasteiger charge is 2.39. The van der Waals surface area contributed by atoms with Gasteiger partial charge in [0.15, 0.2) is 9.84 Å². The zero-order valence-corrected chi connectivity index (χ0v) is 11.9. The Kier molecular flexibility index (Phi) is 3.77. The smallest absolute Gasteiger partial charge is 0.220 e. The lowest BCUT2D eigenvalue weighted by Crippen LogP contribution is -2.46. The monoisotopic (exact) mass is 287 g/mol. The fraction of sp³-hybridized carbons (Fsp3) is 0.583. The van der Waals surface area contributed by atoms with Gasteiger partial charge in [0.2, 0.25) is 5.91 Å². The number of nitrogens with one attached hydrogen (secondary N) is 1. The van der Waals surface area contributed by atoms with E-state index >= 15 is 0 Å². The Labute approximate surface area is 111 Å². The number of amides is 1. The average molecular weight is 287 g/mol. The standard InChI is InChI=1S/C12H17NO3S2/c1-12(6-8-18(15,16)9-12)13-11(14)5-4-10-3-2-7-17-10/h2-3,7H,4-6,8-9H2,1H3,(H,13,14). The Balaban J connectivity index is 1.84. The molecular formula is C12H17NO3S2. The highest BCUT2D eigenvalue weighted by Crippen LogP contribution is 2.23. The van der Waals surface area contributed by atoms with Crippen molar-refractivity contribution >= 4 is 27.1 Å². The molecule has 6 heteroatoms. The van der Waals surface area contributed by atoms with Gasteiger partial charge in [0.1, 0.15) is 0 Å². The minimum atomic E-state index is -2.97. The zero-order valence-electron chi connectivity index (χ0n) is 10.3. The molecule has 2 heterocycles. The van der Waals surface area contributed by atoms with Crippen LogP contribution in [-0.2, 0) is 21.1 Å². The second-order valence-corrected chi connectivity index (χ2v) is 8.25. The van der Waals surface area contributed by atoms with E-state index in [1.807, 2.05) is 17.5 Å². The summed E-state index contributed by atoms with van der Waals surface area (Å²) >= 11 is 1.63. The Morgan fingerprint density at radius 2 is 2.33 bits per heavy atom. The number of carbonyl (C=O) groups is 1. The molecular weight excluding hydrogens is 270 g/mol. The van der Waals surface area contributed by atoms with E-state index in [1.165, 1.54) is 4.88 Å². The minimum absolute atomic E-state index is 0.0603. The van der Waals surface area contributed by atoms with Crippen LogP contribution in [0.2, 0.25) is 0 Å². The summed E-state index contributed by atoms with van der Waals surface area (Å²) in [4.78, 5) is 13.0. The molecule has 2 rings (SSSR count). The molecule has 1 amide bonds. The quantitative estimate of drug-likeness (QED) is 0.910. The number of rotatable bonds is 4. The highest BCUT2D eigenvalue weighted by atomic mass is 32.2. The Hall–Kier alpha value is -0.880. The van der Waals surface area contributed by atoms with Gasteiger partial charge in [0.25, 0.3) is 0 Å². The summed E-state index contributed by atoms with van der Waals surface area (Å²) in [6.07, 6.45) is 1.64. The van der Waals surface area contributed by atoms with Crippen molar-refractivity contribution in [3.8, 4) is 0 Å². The van der Waals surface area contributed by atoms with Crippen molar-refractivity contribution in [3.63, 3.8) is 0 Å². The number of sulfone groups is 1. The van der Waals surface area contributed by atoms with Gasteiger partial charge in [-0.2, -0.15) is 0 Å². The summed E-state index contributed by atoms with van der Waals surface area (Å²) in [5, 5.41) is 4.84. The van der Waals surface area contributed by atoms with E-state index in [2.05, 4.69) is 5.32 Å². The molecule has 0 aromatic carbocycles. The van der Waals surface area contributed by atoms with E-state index < -0.39 is 15.4 Å². The molecule has 4 nitrogen and oxygen atoms in total. The summed E-state index contributed by atoms with van der Waals surface area (Å²) in [7, 11) is -2.97. The van der Waals surface area contributed by atoms with Crippen molar-refractivity contribution in [1.29, 1.82) is 0 Å². The second-order valence-electron chi connectivity index (χ2n) is 5.03. The fourth-order valence-corrected chi connectivity index (χ4v) is 5.00. The SMILES string of the molecule is CC1(NC(=O)CCc2cccs2)CCS(=O)(=O)C1. The van der Waals surface area contributed by atoms with Crippen molar-refractivity contribution < 1.29 is 13.2 Å². The lowest BCUT2D eigenvalue weighted by Gasteiger charge is -2.23. The molecule has 1 fully saturated rings. The number of hydrogen-bond acceptors (Lipinski definition) is 4. The molecule has 0 radical (unpaired) electrons. The molecule has 1 aromatic rings. The summed E-state index contributed by atoms with van der Waals surface area (Å²) in [6, 6.07) is 3.96. The number of carbonyl (C=O) groups excluding carboxylic acids is 1. The van der Waals surface area contributed by atoms with Crippen LogP contribution >= 0.6 is 11.3 Å². The molecule has 0 bridgehead atoms. The van der Waals surface area contributed by atoms with Crippen molar-refractivity contribution in [2.24, 2.45) is 0 Å². The first kappa shape index (κ1) is 13.5. The molecule has 18 heavy (non-hydrogen) atoms. The molecule has 100 valence electrons. The lowest BCUT2D eigenvalue weighted by atomic mass is 10.0. The highest BCUT2D eigenvalue weighted by molar-refractivity contribution is 7.91. The Bertz CT molecular complexity index is 522. The van der Waals surface area contributed by atoms with Crippen molar-refractivity contribution in [2.75, 3.05) is 11.5 Å². The van der Waals surface area contributed by atoms with Gasteiger partial charge in [0, 0.05) is 11.3 Å². The van der Waals surface area contributed by atoms with Gasteiger partial charge in [-0.25, -0.2) is 8.42 Å². The molecule has 1 saturated heterocycles. The summed E-state index contributed by atoms with van der Waals surface area (Å²) in [6.45, 7) is 1.81. The molecule has 1 N–H and O–H groups in total. The summed E-state index contributed by atoms with van der Waals surface area (Å²) in [5.41, 5.74) is -0.578. The van der Waals surface area contributed by atoms with Crippen LogP contribution in [-0.4, -0.2) is 31.4 Å². The third kappa shape index (κ3) is 3.55. The van der Waals surface area contributed by atoms with Crippen LogP contribution in [0.15, 0.2) is 17.5 Å². The maximum Gasteiger partial charge on any atom is 0.220 e. The van der Waals surface area contributed by atoms with E-state index in [1.54, 1.807) is 18.3 Å². The zero-order chi connectivity index (χ0) is 13.2. The van der Waals surface area contributed by atoms with Crippen LogP contribution in [0.5, 0.6) is 0 Å². The molecule has 1 aromatic heterocycles. The lowest BCUT2D eigenvalue weighted by molar-refractivity contribution is -0.122. The van der Waals surface area contributed by atoms with Gasteiger partial charge < -0.3 is 5.32 Å². The van der Waals surface area contributed by atoms with Crippen LogP contribution in [0, 0.1) is 0 Å². The number of hydrogen-bond donors (Lipinski definition) is 1. The molecule has 0 spiro atoms. The van der Waals surface area contributed by atoms with E-state index in [4.69, 9.17) is 0 Å². The maximum atomic E-state index is 11.8. The topological polar surface area (TPSA) is 63.2 Å². The fourth-order valence-electron chi connectivity index (χ4n) is 2.20. The van der Waals surface area contributed by atoms with E-state index in [9.17, 15) is 13.2 Å². The molecule has 1 atom stereocenters. The van der Waals surface area contributed by atoms with Crippen LogP contribution in [0.4, 0.5) is 0 Å². The van der Waals surface area contributed by atoms with Gasteiger partial charge in [-0.1, -0.05) is 6.07 Å².